The highest BCUT2D eigenvalue weighted by Crippen LogP contribution is 2.40. The second-order valence-electron chi connectivity index (χ2n) is 4.88. The Morgan fingerprint density at radius 1 is 1.35 bits per heavy atom. The smallest absolute Gasteiger partial charge is 0.191 e. The fraction of sp³-hybridized carbons (Fsp3) is 0.286. The minimum atomic E-state index is 0.616. The van der Waals surface area contributed by atoms with Gasteiger partial charge < -0.3 is 4.57 Å². The molecule has 102 valence electrons. The molecule has 0 N–H and O–H groups in total. The number of hydrogen-bond donors (Lipinski definition) is 0. The average molecular weight is 322 g/mol. The summed E-state index contributed by atoms with van der Waals surface area (Å²) in [7, 11) is 0. The molecule has 4 rings (SSSR count). The average Bonchev–Trinajstić information content (AvgIpc) is 3.13. The molecule has 0 saturated heterocycles. The van der Waals surface area contributed by atoms with E-state index in [0.717, 1.165) is 21.3 Å². The summed E-state index contributed by atoms with van der Waals surface area (Å²) in [5.41, 5.74) is 0. The predicted octanol–water partition coefficient (Wildman–Crippen LogP) is 4.77. The number of thiophene rings is 1. The van der Waals surface area contributed by atoms with Crippen LogP contribution in [0.3, 0.4) is 0 Å². The number of halogens is 1. The van der Waals surface area contributed by atoms with Crippen LogP contribution in [0.4, 0.5) is 0 Å². The summed E-state index contributed by atoms with van der Waals surface area (Å²) in [6.45, 7) is 0. The van der Waals surface area contributed by atoms with Gasteiger partial charge in [0.05, 0.1) is 5.02 Å². The summed E-state index contributed by atoms with van der Waals surface area (Å²) < 4.78 is 3.43. The van der Waals surface area contributed by atoms with Gasteiger partial charge in [0.25, 0.3) is 0 Å². The van der Waals surface area contributed by atoms with Crippen LogP contribution in [0.25, 0.3) is 10.1 Å². The molecule has 0 atom stereocenters. The number of benzene rings is 1. The topological polar surface area (TPSA) is 30.7 Å². The second-order valence-corrected chi connectivity index (χ2v) is 7.33. The van der Waals surface area contributed by atoms with Gasteiger partial charge in [0.1, 0.15) is 6.33 Å². The van der Waals surface area contributed by atoms with Gasteiger partial charge in [-0.3, -0.25) is 0 Å². The summed E-state index contributed by atoms with van der Waals surface area (Å²) in [5, 5.41) is 11.3. The maximum Gasteiger partial charge on any atom is 0.191 e. The lowest BCUT2D eigenvalue weighted by molar-refractivity contribution is 0.663. The maximum atomic E-state index is 6.47. The van der Waals surface area contributed by atoms with Crippen molar-refractivity contribution in [1.29, 1.82) is 0 Å². The van der Waals surface area contributed by atoms with E-state index in [1.165, 1.54) is 22.4 Å². The number of hydrogen-bond acceptors (Lipinski definition) is 4. The van der Waals surface area contributed by atoms with Crippen LogP contribution in [-0.2, 0) is 5.75 Å². The Labute approximate surface area is 130 Å². The zero-order valence-electron chi connectivity index (χ0n) is 10.6. The molecule has 2 heterocycles. The number of thioether (sulfide) groups is 1. The summed E-state index contributed by atoms with van der Waals surface area (Å²) in [5.74, 6) is 0.851. The summed E-state index contributed by atoms with van der Waals surface area (Å²) in [4.78, 5) is 1.21. The van der Waals surface area contributed by atoms with Gasteiger partial charge in [0.15, 0.2) is 5.16 Å². The van der Waals surface area contributed by atoms with E-state index in [4.69, 9.17) is 11.6 Å². The molecule has 1 aliphatic rings. The van der Waals surface area contributed by atoms with Crippen LogP contribution in [0.5, 0.6) is 0 Å². The Kier molecular flexibility index (Phi) is 3.21. The van der Waals surface area contributed by atoms with Crippen molar-refractivity contribution in [3.63, 3.8) is 0 Å². The highest BCUT2D eigenvalue weighted by molar-refractivity contribution is 7.98. The van der Waals surface area contributed by atoms with Crippen molar-refractivity contribution < 1.29 is 0 Å². The highest BCUT2D eigenvalue weighted by atomic mass is 35.5. The molecule has 0 spiro atoms. The molecule has 3 aromatic rings. The SMILES string of the molecule is Clc1c(CSc2nncn2C2CC2)sc2ccccc12. The molecular formula is C14H12ClN3S2. The van der Waals surface area contributed by atoms with Crippen LogP contribution >= 0.6 is 34.7 Å². The van der Waals surface area contributed by atoms with E-state index in [-0.39, 0.29) is 0 Å². The molecule has 1 saturated carbocycles. The fourth-order valence-corrected chi connectivity index (χ4v) is 4.87. The molecule has 1 aromatic carbocycles. The van der Waals surface area contributed by atoms with Gasteiger partial charge in [-0.05, 0) is 18.9 Å². The Hall–Kier alpha value is -1.04. The largest absolute Gasteiger partial charge is 0.306 e. The quantitative estimate of drug-likeness (QED) is 0.648. The molecule has 1 fully saturated rings. The lowest BCUT2D eigenvalue weighted by Gasteiger charge is -2.03. The normalized spacial score (nSPS) is 15.1. The van der Waals surface area contributed by atoms with Crippen molar-refractivity contribution >= 4 is 44.8 Å². The Bertz CT molecular complexity index is 761. The molecule has 0 bridgehead atoms. The Morgan fingerprint density at radius 2 is 2.20 bits per heavy atom. The molecule has 20 heavy (non-hydrogen) atoms. The molecular weight excluding hydrogens is 310 g/mol. The first-order chi connectivity index (χ1) is 9.83. The fourth-order valence-electron chi connectivity index (χ4n) is 2.23. The molecule has 6 heteroatoms. The van der Waals surface area contributed by atoms with E-state index < -0.39 is 0 Å². The molecule has 1 aliphatic carbocycles. The minimum Gasteiger partial charge on any atom is -0.306 e. The van der Waals surface area contributed by atoms with Crippen molar-refractivity contribution in [2.45, 2.75) is 29.8 Å². The van der Waals surface area contributed by atoms with Gasteiger partial charge in [-0.2, -0.15) is 0 Å². The minimum absolute atomic E-state index is 0.616. The van der Waals surface area contributed by atoms with Crippen molar-refractivity contribution in [2.24, 2.45) is 0 Å². The lowest BCUT2D eigenvalue weighted by atomic mass is 10.2. The van der Waals surface area contributed by atoms with E-state index in [1.54, 1.807) is 23.1 Å². The van der Waals surface area contributed by atoms with E-state index in [2.05, 4.69) is 33.0 Å². The van der Waals surface area contributed by atoms with Crippen LogP contribution in [0.15, 0.2) is 35.7 Å². The van der Waals surface area contributed by atoms with Crippen LogP contribution in [0.1, 0.15) is 23.8 Å². The third-order valence-electron chi connectivity index (χ3n) is 3.41. The van der Waals surface area contributed by atoms with Crippen molar-refractivity contribution in [3.8, 4) is 0 Å². The number of aromatic nitrogens is 3. The van der Waals surface area contributed by atoms with Gasteiger partial charge >= 0.3 is 0 Å². The van der Waals surface area contributed by atoms with E-state index in [1.807, 2.05) is 12.4 Å². The molecule has 0 amide bonds. The lowest BCUT2D eigenvalue weighted by Crippen LogP contribution is -1.94. The summed E-state index contributed by atoms with van der Waals surface area (Å²) in [6, 6.07) is 8.89. The van der Waals surface area contributed by atoms with Crippen LogP contribution in [-0.4, -0.2) is 14.8 Å². The molecule has 0 aliphatic heterocycles. The summed E-state index contributed by atoms with van der Waals surface area (Å²) in [6.07, 6.45) is 4.33. The third kappa shape index (κ3) is 2.24. The van der Waals surface area contributed by atoms with E-state index in [9.17, 15) is 0 Å². The predicted molar refractivity (Wildman–Crippen MR) is 84.7 cm³/mol. The van der Waals surface area contributed by atoms with Crippen molar-refractivity contribution in [1.82, 2.24) is 14.8 Å². The van der Waals surface area contributed by atoms with Crippen LogP contribution in [0.2, 0.25) is 5.02 Å². The van der Waals surface area contributed by atoms with E-state index in [0.29, 0.717) is 6.04 Å². The number of nitrogens with zero attached hydrogens (tertiary/aromatic N) is 3. The zero-order valence-corrected chi connectivity index (χ0v) is 13.0. The van der Waals surface area contributed by atoms with Gasteiger partial charge in [-0.15, -0.1) is 21.5 Å². The van der Waals surface area contributed by atoms with Crippen LogP contribution in [0, 0.1) is 0 Å². The summed E-state index contributed by atoms with van der Waals surface area (Å²) >= 11 is 9.95. The monoisotopic (exact) mass is 321 g/mol. The first kappa shape index (κ1) is 12.7. The second kappa shape index (κ2) is 5.06. The zero-order chi connectivity index (χ0) is 13.5. The molecule has 0 unspecified atom stereocenters. The van der Waals surface area contributed by atoms with Gasteiger partial charge in [-0.1, -0.05) is 41.6 Å². The Balaban J connectivity index is 1.58. The first-order valence-electron chi connectivity index (χ1n) is 6.51. The molecule has 0 radical (unpaired) electrons. The number of rotatable bonds is 4. The first-order valence-corrected chi connectivity index (χ1v) is 8.69. The molecule has 3 nitrogen and oxygen atoms in total. The Morgan fingerprint density at radius 3 is 3.00 bits per heavy atom. The number of fused-ring (bicyclic) bond motifs is 1. The van der Waals surface area contributed by atoms with Gasteiger partial charge in [0, 0.05) is 26.8 Å². The molecule has 2 aromatic heterocycles. The van der Waals surface area contributed by atoms with E-state index >= 15 is 0 Å². The van der Waals surface area contributed by atoms with Gasteiger partial charge in [0.2, 0.25) is 0 Å². The van der Waals surface area contributed by atoms with Crippen molar-refractivity contribution in [2.75, 3.05) is 0 Å². The van der Waals surface area contributed by atoms with Crippen molar-refractivity contribution in [3.05, 3.63) is 40.5 Å². The maximum absolute atomic E-state index is 6.47. The standard InChI is InChI=1S/C14H12ClN3S2/c15-13-10-3-1-2-4-11(10)20-12(13)7-19-14-17-16-8-18(14)9-5-6-9/h1-4,8-9H,5-7H2. The third-order valence-corrected chi connectivity index (χ3v) is 6.30. The van der Waals surface area contributed by atoms with Crippen LogP contribution < -0.4 is 0 Å². The van der Waals surface area contributed by atoms with Gasteiger partial charge in [-0.25, -0.2) is 0 Å². The highest BCUT2D eigenvalue weighted by Gasteiger charge is 2.26.